The number of hydrogen-bond acceptors (Lipinski definition) is 3. The maximum atomic E-state index is 14.3. The first kappa shape index (κ1) is 18.6. The van der Waals surface area contributed by atoms with E-state index in [9.17, 15) is 14.0 Å². The van der Waals surface area contributed by atoms with Gasteiger partial charge in [-0.2, -0.15) is 0 Å². The van der Waals surface area contributed by atoms with E-state index in [0.29, 0.717) is 0 Å². The summed E-state index contributed by atoms with van der Waals surface area (Å²) in [5, 5.41) is 0. The van der Waals surface area contributed by atoms with Gasteiger partial charge in [0.25, 0.3) is 5.91 Å². The second-order valence-electron chi connectivity index (χ2n) is 6.65. The van der Waals surface area contributed by atoms with E-state index in [-0.39, 0.29) is 12.2 Å². The van der Waals surface area contributed by atoms with Gasteiger partial charge >= 0.3 is 6.09 Å². The molecular formula is C24H18FNO3. The Bertz CT molecular complexity index is 1060. The number of hydrogen-bond donors (Lipinski definition) is 0. The third-order valence-electron chi connectivity index (χ3n) is 4.80. The van der Waals surface area contributed by atoms with E-state index in [1.165, 1.54) is 18.2 Å². The lowest BCUT2D eigenvalue weighted by molar-refractivity contribution is -0.124. The standard InChI is InChI=1S/C24H18FNO3/c25-21-13-11-19(17-7-3-1-4-8-17)15-20(21)12-14-23(27)26-22(16-29-24(26)28)18-9-5-2-6-10-18/h1-15,22H,16H2. The van der Waals surface area contributed by atoms with Crippen molar-refractivity contribution in [2.45, 2.75) is 6.04 Å². The maximum absolute atomic E-state index is 14.3. The lowest BCUT2D eigenvalue weighted by Gasteiger charge is -2.18. The van der Waals surface area contributed by atoms with Crippen LogP contribution in [0.1, 0.15) is 17.2 Å². The average Bonchev–Trinajstić information content (AvgIpc) is 3.15. The zero-order valence-corrected chi connectivity index (χ0v) is 15.5. The summed E-state index contributed by atoms with van der Waals surface area (Å²) in [5.41, 5.74) is 2.85. The van der Waals surface area contributed by atoms with Crippen LogP contribution in [-0.4, -0.2) is 23.5 Å². The summed E-state index contributed by atoms with van der Waals surface area (Å²) in [5.74, 6) is -0.997. The molecule has 1 aliphatic rings. The molecule has 144 valence electrons. The molecule has 0 N–H and O–H groups in total. The molecule has 1 heterocycles. The highest BCUT2D eigenvalue weighted by Gasteiger charge is 2.37. The van der Waals surface area contributed by atoms with E-state index in [1.807, 2.05) is 60.7 Å². The first-order valence-electron chi connectivity index (χ1n) is 9.21. The van der Waals surface area contributed by atoms with Crippen LogP contribution in [0.5, 0.6) is 0 Å². The Hall–Kier alpha value is -3.73. The molecule has 0 bridgehead atoms. The largest absolute Gasteiger partial charge is 0.446 e. The Labute approximate surface area is 167 Å². The molecule has 3 aromatic carbocycles. The van der Waals surface area contributed by atoms with Gasteiger partial charge in [0.2, 0.25) is 0 Å². The van der Waals surface area contributed by atoms with Crippen LogP contribution < -0.4 is 0 Å². The van der Waals surface area contributed by atoms with E-state index >= 15 is 0 Å². The van der Waals surface area contributed by atoms with Gasteiger partial charge in [0.05, 0.1) is 0 Å². The second-order valence-corrected chi connectivity index (χ2v) is 6.65. The molecule has 5 heteroatoms. The number of carbonyl (C=O) groups is 2. The molecule has 4 nitrogen and oxygen atoms in total. The normalized spacial score (nSPS) is 16.2. The zero-order chi connectivity index (χ0) is 20.2. The third-order valence-corrected chi connectivity index (χ3v) is 4.80. The first-order chi connectivity index (χ1) is 14.1. The Morgan fingerprint density at radius 1 is 0.966 bits per heavy atom. The van der Waals surface area contributed by atoms with Gasteiger partial charge < -0.3 is 4.74 Å². The van der Waals surface area contributed by atoms with Crippen LogP contribution in [0.25, 0.3) is 17.2 Å². The Morgan fingerprint density at radius 2 is 1.66 bits per heavy atom. The van der Waals surface area contributed by atoms with Crippen molar-refractivity contribution >= 4 is 18.1 Å². The molecule has 2 amide bonds. The first-order valence-corrected chi connectivity index (χ1v) is 9.21. The van der Waals surface area contributed by atoms with Crippen LogP contribution >= 0.6 is 0 Å². The van der Waals surface area contributed by atoms with Gasteiger partial charge in [0.1, 0.15) is 18.5 Å². The minimum absolute atomic E-state index is 0.0975. The summed E-state index contributed by atoms with van der Waals surface area (Å²) >= 11 is 0. The number of halogens is 1. The zero-order valence-electron chi connectivity index (χ0n) is 15.5. The van der Waals surface area contributed by atoms with Gasteiger partial charge in [-0.3, -0.25) is 4.79 Å². The quantitative estimate of drug-likeness (QED) is 0.576. The van der Waals surface area contributed by atoms with Crippen LogP contribution in [0, 0.1) is 5.82 Å². The molecule has 0 aromatic heterocycles. The van der Waals surface area contributed by atoms with Crippen LogP contribution in [0.15, 0.2) is 84.9 Å². The van der Waals surface area contributed by atoms with Crippen molar-refractivity contribution in [3.8, 4) is 11.1 Å². The molecule has 0 spiro atoms. The Kier molecular flexibility index (Phi) is 5.20. The van der Waals surface area contributed by atoms with Crippen LogP contribution in [-0.2, 0) is 9.53 Å². The minimum atomic E-state index is -0.702. The highest BCUT2D eigenvalue weighted by molar-refractivity contribution is 6.02. The molecule has 29 heavy (non-hydrogen) atoms. The van der Waals surface area contributed by atoms with Crippen molar-refractivity contribution in [3.05, 3.63) is 102 Å². The van der Waals surface area contributed by atoms with Crippen molar-refractivity contribution in [3.63, 3.8) is 0 Å². The van der Waals surface area contributed by atoms with Gasteiger partial charge in [-0.1, -0.05) is 66.7 Å². The van der Waals surface area contributed by atoms with E-state index in [2.05, 4.69) is 0 Å². The highest BCUT2D eigenvalue weighted by Crippen LogP contribution is 2.28. The lowest BCUT2D eigenvalue weighted by atomic mass is 10.0. The van der Waals surface area contributed by atoms with E-state index in [4.69, 9.17) is 4.74 Å². The topological polar surface area (TPSA) is 46.6 Å². The van der Waals surface area contributed by atoms with Gasteiger partial charge in [-0.25, -0.2) is 14.1 Å². The molecule has 1 fully saturated rings. The van der Waals surface area contributed by atoms with Crippen molar-refractivity contribution in [1.29, 1.82) is 0 Å². The van der Waals surface area contributed by atoms with Gasteiger partial charge in [0, 0.05) is 11.6 Å². The highest BCUT2D eigenvalue weighted by atomic mass is 19.1. The van der Waals surface area contributed by atoms with Gasteiger partial charge in [-0.15, -0.1) is 0 Å². The summed E-state index contributed by atoms with van der Waals surface area (Å²) in [7, 11) is 0. The van der Waals surface area contributed by atoms with E-state index in [0.717, 1.165) is 21.6 Å². The van der Waals surface area contributed by atoms with Crippen molar-refractivity contribution in [2.24, 2.45) is 0 Å². The predicted octanol–water partition coefficient (Wildman–Crippen LogP) is 5.23. The van der Waals surface area contributed by atoms with Crippen molar-refractivity contribution in [1.82, 2.24) is 4.90 Å². The Balaban J connectivity index is 1.58. The fraction of sp³-hybridized carbons (Fsp3) is 0.0833. The maximum Gasteiger partial charge on any atom is 0.417 e. The minimum Gasteiger partial charge on any atom is -0.446 e. The van der Waals surface area contributed by atoms with Crippen LogP contribution in [0.4, 0.5) is 9.18 Å². The summed E-state index contributed by atoms with van der Waals surface area (Å²) in [6.45, 7) is 0.0975. The molecule has 0 saturated carbocycles. The van der Waals surface area contributed by atoms with Gasteiger partial charge in [0.15, 0.2) is 0 Å². The average molecular weight is 387 g/mol. The molecule has 1 atom stereocenters. The number of carbonyl (C=O) groups excluding carboxylic acids is 2. The monoisotopic (exact) mass is 387 g/mol. The molecule has 3 aromatic rings. The number of cyclic esters (lactones) is 1. The number of amides is 2. The van der Waals surface area contributed by atoms with Crippen molar-refractivity contribution < 1.29 is 18.7 Å². The summed E-state index contributed by atoms with van der Waals surface area (Å²) in [6.07, 6.45) is 1.89. The summed E-state index contributed by atoms with van der Waals surface area (Å²) in [4.78, 5) is 25.8. The van der Waals surface area contributed by atoms with Crippen LogP contribution in [0.2, 0.25) is 0 Å². The third kappa shape index (κ3) is 3.94. The number of ether oxygens (including phenoxy) is 1. The fourth-order valence-corrected chi connectivity index (χ4v) is 3.31. The summed E-state index contributed by atoms with van der Waals surface area (Å²) < 4.78 is 19.3. The summed E-state index contributed by atoms with van der Waals surface area (Å²) in [6, 6.07) is 23.0. The van der Waals surface area contributed by atoms with E-state index < -0.39 is 23.9 Å². The van der Waals surface area contributed by atoms with Gasteiger partial charge in [-0.05, 0) is 34.9 Å². The molecule has 1 aliphatic heterocycles. The fourth-order valence-electron chi connectivity index (χ4n) is 3.31. The molecule has 1 saturated heterocycles. The second kappa shape index (κ2) is 8.10. The molecule has 1 unspecified atom stereocenters. The predicted molar refractivity (Wildman–Crippen MR) is 108 cm³/mol. The molecular weight excluding hydrogens is 369 g/mol. The number of benzene rings is 3. The Morgan fingerprint density at radius 3 is 2.38 bits per heavy atom. The number of imide groups is 1. The smallest absolute Gasteiger partial charge is 0.417 e. The number of nitrogens with zero attached hydrogens (tertiary/aromatic N) is 1. The van der Waals surface area contributed by atoms with Crippen molar-refractivity contribution in [2.75, 3.05) is 6.61 Å². The SMILES string of the molecule is O=C(C=Cc1cc(-c2ccccc2)ccc1F)N1C(=O)OCC1c1ccccc1. The lowest BCUT2D eigenvalue weighted by Crippen LogP contribution is -2.32. The molecule has 4 rings (SSSR count). The molecule has 0 radical (unpaired) electrons. The van der Waals surface area contributed by atoms with Crippen LogP contribution in [0.3, 0.4) is 0 Å². The van der Waals surface area contributed by atoms with E-state index in [1.54, 1.807) is 12.1 Å². The molecule has 0 aliphatic carbocycles. The number of rotatable bonds is 4.